The van der Waals surface area contributed by atoms with Gasteiger partial charge in [0.1, 0.15) is 0 Å². The van der Waals surface area contributed by atoms with Crippen LogP contribution < -0.4 is 0 Å². The molecule has 1 rings (SSSR count). The second kappa shape index (κ2) is 5.39. The van der Waals surface area contributed by atoms with Gasteiger partial charge in [0.15, 0.2) is 0 Å². The minimum absolute atomic E-state index is 0.0783. The predicted molar refractivity (Wildman–Crippen MR) is 63.7 cm³/mol. The number of aryl methyl sites for hydroxylation is 1. The fourth-order valence-electron chi connectivity index (χ4n) is 1.66. The summed E-state index contributed by atoms with van der Waals surface area (Å²) >= 11 is 0. The Labute approximate surface area is 100 Å². The average molecular weight is 242 g/mol. The third-order valence-corrected chi connectivity index (χ3v) is 3.10. The minimum atomic E-state index is -4.22. The van der Waals surface area contributed by atoms with E-state index in [-0.39, 0.29) is 6.42 Å². The summed E-state index contributed by atoms with van der Waals surface area (Å²) in [5.41, 5.74) is -0.706. The van der Waals surface area contributed by atoms with Crippen LogP contribution in [0, 0.1) is 5.41 Å². The number of alkyl halides is 3. The standard InChI is InChI=1S/C14H17F3/c1-3-13(2,14(15,16)17)11-7-10-12-8-5-4-6-9-12/h3-6,8-9H,1,7,10-11H2,2H3/t13-/m0/s1. The van der Waals surface area contributed by atoms with Crippen LogP contribution in [0.25, 0.3) is 0 Å². The molecule has 0 saturated heterocycles. The van der Waals surface area contributed by atoms with Gasteiger partial charge < -0.3 is 0 Å². The Bertz CT molecular complexity index is 353. The smallest absolute Gasteiger partial charge is 0.170 e. The zero-order valence-electron chi connectivity index (χ0n) is 9.93. The first-order valence-electron chi connectivity index (χ1n) is 5.63. The van der Waals surface area contributed by atoms with Gasteiger partial charge in [-0.2, -0.15) is 13.2 Å². The first-order valence-corrected chi connectivity index (χ1v) is 5.63. The fourth-order valence-corrected chi connectivity index (χ4v) is 1.66. The molecule has 0 N–H and O–H groups in total. The maximum absolute atomic E-state index is 12.8. The SMILES string of the molecule is C=C[C@@](C)(CCCc1ccccc1)C(F)(F)F. The lowest BCUT2D eigenvalue weighted by Gasteiger charge is -2.28. The molecule has 0 aromatic heterocycles. The molecule has 17 heavy (non-hydrogen) atoms. The molecule has 0 unspecified atom stereocenters. The van der Waals surface area contributed by atoms with Gasteiger partial charge in [-0.1, -0.05) is 36.4 Å². The third-order valence-electron chi connectivity index (χ3n) is 3.10. The number of halogens is 3. The third kappa shape index (κ3) is 3.62. The van der Waals surface area contributed by atoms with Gasteiger partial charge >= 0.3 is 6.18 Å². The number of rotatable bonds is 5. The van der Waals surface area contributed by atoms with Crippen LogP contribution >= 0.6 is 0 Å². The van der Waals surface area contributed by atoms with Gasteiger partial charge in [-0.25, -0.2) is 0 Å². The van der Waals surface area contributed by atoms with E-state index in [0.29, 0.717) is 12.8 Å². The second-order valence-corrected chi connectivity index (χ2v) is 4.46. The normalized spacial score (nSPS) is 15.3. The van der Waals surface area contributed by atoms with Crippen molar-refractivity contribution >= 4 is 0 Å². The largest absolute Gasteiger partial charge is 0.397 e. The first kappa shape index (κ1) is 13.8. The van der Waals surface area contributed by atoms with Crippen LogP contribution in [0.5, 0.6) is 0 Å². The van der Waals surface area contributed by atoms with Crippen LogP contribution in [-0.2, 0) is 6.42 Å². The Morgan fingerprint density at radius 2 is 1.76 bits per heavy atom. The summed E-state index contributed by atoms with van der Waals surface area (Å²) in [5.74, 6) is 0. The van der Waals surface area contributed by atoms with Crippen molar-refractivity contribution in [2.24, 2.45) is 5.41 Å². The van der Waals surface area contributed by atoms with Gasteiger partial charge in [-0.05, 0) is 31.7 Å². The van der Waals surface area contributed by atoms with E-state index in [4.69, 9.17) is 0 Å². The minimum Gasteiger partial charge on any atom is -0.170 e. The van der Waals surface area contributed by atoms with Crippen molar-refractivity contribution in [3.05, 3.63) is 48.6 Å². The van der Waals surface area contributed by atoms with E-state index >= 15 is 0 Å². The molecular weight excluding hydrogens is 225 g/mol. The van der Waals surface area contributed by atoms with Crippen molar-refractivity contribution in [3.63, 3.8) is 0 Å². The topological polar surface area (TPSA) is 0 Å². The lowest BCUT2D eigenvalue weighted by Crippen LogP contribution is -2.33. The second-order valence-electron chi connectivity index (χ2n) is 4.46. The number of hydrogen-bond acceptors (Lipinski definition) is 0. The van der Waals surface area contributed by atoms with E-state index in [1.54, 1.807) is 0 Å². The molecule has 0 radical (unpaired) electrons. The number of allylic oxidation sites excluding steroid dienone is 1. The van der Waals surface area contributed by atoms with E-state index in [2.05, 4.69) is 6.58 Å². The van der Waals surface area contributed by atoms with Gasteiger partial charge in [-0.3, -0.25) is 0 Å². The van der Waals surface area contributed by atoms with Crippen LogP contribution in [0.4, 0.5) is 13.2 Å². The fraction of sp³-hybridized carbons (Fsp3) is 0.429. The molecule has 94 valence electrons. The molecule has 1 aromatic carbocycles. The highest BCUT2D eigenvalue weighted by Gasteiger charge is 2.47. The lowest BCUT2D eigenvalue weighted by molar-refractivity contribution is -0.202. The van der Waals surface area contributed by atoms with E-state index in [1.165, 1.54) is 6.92 Å². The van der Waals surface area contributed by atoms with Crippen LogP contribution in [0.3, 0.4) is 0 Å². The Kier molecular flexibility index (Phi) is 4.38. The van der Waals surface area contributed by atoms with Crippen molar-refractivity contribution in [1.29, 1.82) is 0 Å². The Hall–Kier alpha value is -1.25. The van der Waals surface area contributed by atoms with Crippen molar-refractivity contribution in [3.8, 4) is 0 Å². The molecule has 0 nitrogen and oxygen atoms in total. The molecule has 0 fully saturated rings. The zero-order valence-corrected chi connectivity index (χ0v) is 9.93. The van der Waals surface area contributed by atoms with E-state index < -0.39 is 11.6 Å². The first-order chi connectivity index (χ1) is 7.89. The van der Waals surface area contributed by atoms with Crippen LogP contribution in [0.1, 0.15) is 25.3 Å². The molecule has 0 heterocycles. The molecule has 0 amide bonds. The maximum Gasteiger partial charge on any atom is 0.397 e. The summed E-state index contributed by atoms with van der Waals surface area (Å²) in [5, 5.41) is 0. The molecule has 0 aliphatic carbocycles. The Morgan fingerprint density at radius 1 is 1.18 bits per heavy atom. The summed E-state index contributed by atoms with van der Waals surface area (Å²) < 4.78 is 38.3. The molecular formula is C14H17F3. The molecule has 0 aliphatic heterocycles. The molecule has 1 atom stereocenters. The number of hydrogen-bond donors (Lipinski definition) is 0. The maximum atomic E-state index is 12.8. The van der Waals surface area contributed by atoms with E-state index in [1.807, 2.05) is 30.3 Å². The van der Waals surface area contributed by atoms with Crippen molar-refractivity contribution in [2.75, 3.05) is 0 Å². The monoisotopic (exact) mass is 242 g/mol. The molecule has 0 bridgehead atoms. The highest BCUT2D eigenvalue weighted by molar-refractivity contribution is 5.14. The van der Waals surface area contributed by atoms with Crippen molar-refractivity contribution in [1.82, 2.24) is 0 Å². The summed E-state index contributed by atoms with van der Waals surface area (Å²) in [6.07, 6.45) is -1.95. The van der Waals surface area contributed by atoms with Gasteiger partial charge in [0.2, 0.25) is 0 Å². The summed E-state index contributed by atoms with van der Waals surface area (Å²) in [6, 6.07) is 9.54. The zero-order chi connectivity index (χ0) is 12.9. The van der Waals surface area contributed by atoms with Gasteiger partial charge in [0, 0.05) is 0 Å². The van der Waals surface area contributed by atoms with Crippen molar-refractivity contribution in [2.45, 2.75) is 32.4 Å². The lowest BCUT2D eigenvalue weighted by atomic mass is 9.84. The summed E-state index contributed by atoms with van der Waals surface area (Å²) in [7, 11) is 0. The molecule has 0 spiro atoms. The van der Waals surface area contributed by atoms with E-state index in [0.717, 1.165) is 11.6 Å². The van der Waals surface area contributed by atoms with Gasteiger partial charge in [0.05, 0.1) is 5.41 Å². The predicted octanol–water partition coefficient (Wildman–Crippen LogP) is 4.76. The summed E-state index contributed by atoms with van der Waals surface area (Å²) in [4.78, 5) is 0. The van der Waals surface area contributed by atoms with E-state index in [9.17, 15) is 13.2 Å². The van der Waals surface area contributed by atoms with Crippen LogP contribution in [0.2, 0.25) is 0 Å². The average Bonchev–Trinajstić information content (AvgIpc) is 2.28. The van der Waals surface area contributed by atoms with Crippen LogP contribution in [0.15, 0.2) is 43.0 Å². The summed E-state index contributed by atoms with van der Waals surface area (Å²) in [6.45, 7) is 4.50. The highest BCUT2D eigenvalue weighted by atomic mass is 19.4. The van der Waals surface area contributed by atoms with Gasteiger partial charge in [0.25, 0.3) is 0 Å². The molecule has 1 aromatic rings. The Morgan fingerprint density at radius 3 is 2.24 bits per heavy atom. The molecule has 3 heteroatoms. The number of benzene rings is 1. The molecule has 0 aliphatic rings. The van der Waals surface area contributed by atoms with Gasteiger partial charge in [-0.15, -0.1) is 6.58 Å². The Balaban J connectivity index is 2.53. The quantitative estimate of drug-likeness (QED) is 0.653. The molecule has 0 saturated carbocycles. The van der Waals surface area contributed by atoms with Crippen molar-refractivity contribution < 1.29 is 13.2 Å². The van der Waals surface area contributed by atoms with Crippen LogP contribution in [-0.4, -0.2) is 6.18 Å². The highest BCUT2D eigenvalue weighted by Crippen LogP contribution is 2.42.